The smallest absolute Gasteiger partial charge is 0.338 e. The summed E-state index contributed by atoms with van der Waals surface area (Å²) in [7, 11) is 1.69. The van der Waals surface area contributed by atoms with Crippen LogP contribution in [-0.2, 0) is 7.05 Å². The van der Waals surface area contributed by atoms with Gasteiger partial charge in [0.05, 0.1) is 16.0 Å². The molecule has 0 atom stereocenters. The van der Waals surface area contributed by atoms with Crippen LogP contribution in [0.3, 0.4) is 0 Å². The third kappa shape index (κ3) is 1.54. The lowest BCUT2D eigenvalue weighted by molar-refractivity contribution is -0.384. The summed E-state index contributed by atoms with van der Waals surface area (Å²) in [6.07, 6.45) is 0. The first-order valence-corrected chi connectivity index (χ1v) is 4.90. The van der Waals surface area contributed by atoms with Gasteiger partial charge in [0.2, 0.25) is 0 Å². The van der Waals surface area contributed by atoms with Crippen molar-refractivity contribution in [2.45, 2.75) is 6.92 Å². The van der Waals surface area contributed by atoms with E-state index in [0.717, 1.165) is 0 Å². The van der Waals surface area contributed by atoms with E-state index in [9.17, 15) is 14.9 Å². The zero-order valence-electron chi connectivity index (χ0n) is 9.30. The van der Waals surface area contributed by atoms with E-state index in [0.29, 0.717) is 16.6 Å². The minimum absolute atomic E-state index is 0.0463. The Hall–Kier alpha value is -2.37. The van der Waals surface area contributed by atoms with Gasteiger partial charge >= 0.3 is 5.97 Å². The van der Waals surface area contributed by atoms with Crippen molar-refractivity contribution in [3.8, 4) is 0 Å². The standard InChI is InChI=1S/C11H10N2O4/c1-6-10(11(14)15)8-4-3-7(13(16)17)5-9(8)12(6)2/h3-5H,1-2H3,(H,14,15). The highest BCUT2D eigenvalue weighted by atomic mass is 16.6. The molecule has 1 heterocycles. The minimum atomic E-state index is -1.03. The van der Waals surface area contributed by atoms with Gasteiger partial charge in [0.15, 0.2) is 0 Å². The predicted octanol–water partition coefficient (Wildman–Crippen LogP) is 2.09. The maximum absolute atomic E-state index is 11.1. The van der Waals surface area contributed by atoms with E-state index >= 15 is 0 Å². The van der Waals surface area contributed by atoms with Crippen molar-refractivity contribution in [2.24, 2.45) is 7.05 Å². The summed E-state index contributed by atoms with van der Waals surface area (Å²) in [6, 6.07) is 4.17. The number of fused-ring (bicyclic) bond motifs is 1. The van der Waals surface area contributed by atoms with Gasteiger partial charge in [-0.1, -0.05) is 0 Å². The van der Waals surface area contributed by atoms with Crippen LogP contribution in [0.4, 0.5) is 5.69 Å². The van der Waals surface area contributed by atoms with E-state index in [4.69, 9.17) is 5.11 Å². The molecule has 2 aromatic rings. The summed E-state index contributed by atoms with van der Waals surface area (Å²) in [5, 5.41) is 20.3. The van der Waals surface area contributed by atoms with Crippen LogP contribution in [-0.4, -0.2) is 20.6 Å². The maximum atomic E-state index is 11.1. The quantitative estimate of drug-likeness (QED) is 0.636. The molecule has 0 fully saturated rings. The number of aryl methyl sites for hydroxylation is 1. The molecule has 0 saturated heterocycles. The van der Waals surface area contributed by atoms with Crippen LogP contribution < -0.4 is 0 Å². The van der Waals surface area contributed by atoms with Gasteiger partial charge < -0.3 is 9.67 Å². The first-order valence-electron chi connectivity index (χ1n) is 4.90. The van der Waals surface area contributed by atoms with E-state index in [1.807, 2.05) is 0 Å². The molecule has 0 bridgehead atoms. The molecular weight excluding hydrogens is 224 g/mol. The third-order valence-electron chi connectivity index (χ3n) is 2.90. The van der Waals surface area contributed by atoms with E-state index in [2.05, 4.69) is 0 Å². The van der Waals surface area contributed by atoms with Crippen LogP contribution in [0.2, 0.25) is 0 Å². The molecule has 88 valence electrons. The molecule has 2 rings (SSSR count). The Labute approximate surface area is 96.2 Å². The Morgan fingerprint density at radius 3 is 2.65 bits per heavy atom. The molecule has 1 aromatic heterocycles. The van der Waals surface area contributed by atoms with Crippen molar-refractivity contribution in [3.63, 3.8) is 0 Å². The van der Waals surface area contributed by atoms with Gasteiger partial charge in [-0.25, -0.2) is 4.79 Å². The van der Waals surface area contributed by atoms with Gasteiger partial charge in [0.1, 0.15) is 0 Å². The van der Waals surface area contributed by atoms with Crippen molar-refractivity contribution >= 4 is 22.6 Å². The Bertz CT molecular complexity index is 642. The van der Waals surface area contributed by atoms with Crippen LogP contribution in [0, 0.1) is 17.0 Å². The average molecular weight is 234 g/mol. The number of rotatable bonds is 2. The molecular formula is C11H10N2O4. The lowest BCUT2D eigenvalue weighted by Crippen LogP contribution is -1.99. The molecule has 6 nitrogen and oxygen atoms in total. The number of aromatic carboxylic acids is 1. The second-order valence-electron chi connectivity index (χ2n) is 3.78. The van der Waals surface area contributed by atoms with Gasteiger partial charge in [-0.2, -0.15) is 0 Å². The fourth-order valence-corrected chi connectivity index (χ4v) is 1.94. The van der Waals surface area contributed by atoms with Crippen molar-refractivity contribution in [3.05, 3.63) is 39.6 Å². The van der Waals surface area contributed by atoms with E-state index in [-0.39, 0.29) is 11.3 Å². The summed E-state index contributed by atoms with van der Waals surface area (Å²) in [6.45, 7) is 1.68. The zero-order valence-corrected chi connectivity index (χ0v) is 9.30. The largest absolute Gasteiger partial charge is 0.478 e. The molecule has 0 unspecified atom stereocenters. The Morgan fingerprint density at radius 2 is 2.12 bits per heavy atom. The van der Waals surface area contributed by atoms with Crippen molar-refractivity contribution in [1.82, 2.24) is 4.57 Å². The Balaban J connectivity index is 2.85. The van der Waals surface area contributed by atoms with Crippen LogP contribution >= 0.6 is 0 Å². The highest BCUT2D eigenvalue weighted by Crippen LogP contribution is 2.28. The number of hydrogen-bond donors (Lipinski definition) is 1. The SMILES string of the molecule is Cc1c(C(=O)O)c2ccc([N+](=O)[O-])cc2n1C. The molecule has 0 aliphatic rings. The van der Waals surface area contributed by atoms with Gasteiger partial charge in [-0.15, -0.1) is 0 Å². The van der Waals surface area contributed by atoms with Crippen LogP contribution in [0.15, 0.2) is 18.2 Å². The normalized spacial score (nSPS) is 10.7. The van der Waals surface area contributed by atoms with E-state index in [1.54, 1.807) is 18.5 Å². The lowest BCUT2D eigenvalue weighted by atomic mass is 10.1. The summed E-state index contributed by atoms with van der Waals surface area (Å²) < 4.78 is 1.64. The number of benzene rings is 1. The lowest BCUT2D eigenvalue weighted by Gasteiger charge is -1.97. The molecule has 0 spiro atoms. The number of carbonyl (C=O) groups is 1. The highest BCUT2D eigenvalue weighted by Gasteiger charge is 2.19. The molecule has 1 N–H and O–H groups in total. The summed E-state index contributed by atoms with van der Waals surface area (Å²) in [5.74, 6) is -1.03. The zero-order chi connectivity index (χ0) is 12.7. The second kappa shape index (κ2) is 3.58. The molecule has 17 heavy (non-hydrogen) atoms. The summed E-state index contributed by atoms with van der Waals surface area (Å²) >= 11 is 0. The number of nitro benzene ring substituents is 1. The maximum Gasteiger partial charge on any atom is 0.338 e. The van der Waals surface area contributed by atoms with Crippen molar-refractivity contribution in [2.75, 3.05) is 0 Å². The predicted molar refractivity (Wildman–Crippen MR) is 61.3 cm³/mol. The Kier molecular flexibility index (Phi) is 2.35. The average Bonchev–Trinajstić information content (AvgIpc) is 2.51. The van der Waals surface area contributed by atoms with E-state index in [1.165, 1.54) is 18.2 Å². The topological polar surface area (TPSA) is 85.4 Å². The molecule has 1 aromatic carbocycles. The van der Waals surface area contributed by atoms with Gasteiger partial charge in [-0.05, 0) is 13.0 Å². The number of aromatic nitrogens is 1. The second-order valence-corrected chi connectivity index (χ2v) is 3.78. The molecule has 6 heteroatoms. The third-order valence-corrected chi connectivity index (χ3v) is 2.90. The summed E-state index contributed by atoms with van der Waals surface area (Å²) in [4.78, 5) is 21.3. The molecule has 0 saturated carbocycles. The summed E-state index contributed by atoms with van der Waals surface area (Å²) in [5.41, 5.74) is 1.27. The van der Waals surface area contributed by atoms with Crippen LogP contribution in [0.25, 0.3) is 10.9 Å². The first kappa shape index (κ1) is 11.1. The number of carboxylic acid groups (broad SMARTS) is 1. The van der Waals surface area contributed by atoms with Gasteiger partial charge in [-0.3, -0.25) is 10.1 Å². The van der Waals surface area contributed by atoms with Crippen molar-refractivity contribution < 1.29 is 14.8 Å². The molecule has 0 aliphatic carbocycles. The van der Waals surface area contributed by atoms with Crippen LogP contribution in [0.1, 0.15) is 16.1 Å². The number of nitrogens with zero attached hydrogens (tertiary/aromatic N) is 2. The van der Waals surface area contributed by atoms with E-state index < -0.39 is 10.9 Å². The van der Waals surface area contributed by atoms with Gasteiger partial charge in [0, 0.05) is 30.3 Å². The highest BCUT2D eigenvalue weighted by molar-refractivity contribution is 6.05. The number of nitro groups is 1. The molecule has 0 amide bonds. The fourth-order valence-electron chi connectivity index (χ4n) is 1.94. The van der Waals surface area contributed by atoms with Crippen LogP contribution in [0.5, 0.6) is 0 Å². The van der Waals surface area contributed by atoms with Crippen molar-refractivity contribution in [1.29, 1.82) is 0 Å². The van der Waals surface area contributed by atoms with Gasteiger partial charge in [0.25, 0.3) is 5.69 Å². The number of non-ortho nitro benzene ring substituents is 1. The fraction of sp³-hybridized carbons (Fsp3) is 0.182. The minimum Gasteiger partial charge on any atom is -0.478 e. The first-order chi connectivity index (χ1) is 7.93. The number of hydrogen-bond acceptors (Lipinski definition) is 3. The monoisotopic (exact) mass is 234 g/mol. The molecule has 0 radical (unpaired) electrons. The Morgan fingerprint density at radius 1 is 1.47 bits per heavy atom. The molecule has 0 aliphatic heterocycles. The number of carboxylic acids is 1.